The lowest BCUT2D eigenvalue weighted by molar-refractivity contribution is 0.173. The van der Waals surface area contributed by atoms with Crippen molar-refractivity contribution in [1.82, 2.24) is 0 Å². The molecule has 0 bridgehead atoms. The first-order valence-electron chi connectivity index (χ1n) is 6.35. The van der Waals surface area contributed by atoms with Gasteiger partial charge in [0, 0.05) is 11.1 Å². The normalized spacial score (nSPS) is 14.7. The monoisotopic (exact) mass is 334 g/mol. The van der Waals surface area contributed by atoms with Crippen molar-refractivity contribution >= 4 is 27.5 Å². The number of hydrogen-bond acceptors (Lipinski definition) is 6. The molecule has 2 aliphatic heterocycles. The van der Waals surface area contributed by atoms with Gasteiger partial charge < -0.3 is 18.9 Å². The minimum Gasteiger partial charge on any atom is -0.454 e. The van der Waals surface area contributed by atoms with Crippen LogP contribution < -0.4 is 29.6 Å². The lowest BCUT2D eigenvalue weighted by Gasteiger charge is -2.12. The van der Waals surface area contributed by atoms with Gasteiger partial charge in [-0.05, 0) is 24.3 Å². The average molecular weight is 334 g/mol. The maximum absolute atomic E-state index is 11.5. The molecular formula is C14H8O6P2. The van der Waals surface area contributed by atoms with E-state index in [1.54, 1.807) is 24.3 Å². The van der Waals surface area contributed by atoms with Crippen molar-refractivity contribution in [2.45, 2.75) is 0 Å². The minimum atomic E-state index is -0.181. The lowest BCUT2D eigenvalue weighted by Crippen LogP contribution is -2.07. The molecule has 2 aliphatic rings. The van der Waals surface area contributed by atoms with E-state index in [1.165, 1.54) is 0 Å². The molecule has 0 N–H and O–H groups in total. The second-order valence-corrected chi connectivity index (χ2v) is 5.90. The molecule has 0 aliphatic carbocycles. The van der Waals surface area contributed by atoms with Crippen LogP contribution in [0.15, 0.2) is 24.3 Å². The van der Waals surface area contributed by atoms with E-state index >= 15 is 0 Å². The Morgan fingerprint density at radius 3 is 1.55 bits per heavy atom. The average Bonchev–Trinajstić information content (AvgIpc) is 3.21. The molecule has 0 amide bonds. The van der Waals surface area contributed by atoms with E-state index in [1.807, 2.05) is 0 Å². The van der Waals surface area contributed by atoms with Crippen LogP contribution in [0.3, 0.4) is 0 Å². The molecule has 0 atom stereocenters. The third-order valence-corrected chi connectivity index (χ3v) is 4.62. The van der Waals surface area contributed by atoms with E-state index in [0.717, 1.165) is 0 Å². The van der Waals surface area contributed by atoms with Gasteiger partial charge >= 0.3 is 0 Å². The smallest absolute Gasteiger partial charge is 0.231 e. The van der Waals surface area contributed by atoms with Crippen molar-refractivity contribution in [2.75, 3.05) is 13.6 Å². The quantitative estimate of drug-likeness (QED) is 0.804. The number of ether oxygens (including phenoxy) is 4. The zero-order chi connectivity index (χ0) is 15.1. The van der Waals surface area contributed by atoms with Crippen molar-refractivity contribution in [2.24, 2.45) is 0 Å². The summed E-state index contributed by atoms with van der Waals surface area (Å²) in [4.78, 5) is 0. The Hall–Kier alpha value is -2.16. The Morgan fingerprint density at radius 1 is 0.682 bits per heavy atom. The van der Waals surface area contributed by atoms with E-state index in [9.17, 15) is 9.13 Å². The van der Waals surface area contributed by atoms with Crippen LogP contribution in [-0.4, -0.2) is 13.6 Å². The molecule has 0 unspecified atom stereocenters. The van der Waals surface area contributed by atoms with Gasteiger partial charge in [0.1, 0.15) is 0 Å². The van der Waals surface area contributed by atoms with E-state index < -0.39 is 0 Å². The molecule has 0 spiro atoms. The SMILES string of the molecule is O=Pc1ccc2c(c1-c1c(P=O)ccc3c1OCO3)OCO2. The van der Waals surface area contributed by atoms with Crippen LogP contribution in [0, 0.1) is 0 Å². The molecule has 0 saturated carbocycles. The number of fused-ring (bicyclic) bond motifs is 2. The summed E-state index contributed by atoms with van der Waals surface area (Å²) in [6.07, 6.45) is 0. The van der Waals surface area contributed by atoms with E-state index in [2.05, 4.69) is 0 Å². The summed E-state index contributed by atoms with van der Waals surface area (Å²) >= 11 is 0. The van der Waals surface area contributed by atoms with Crippen LogP contribution in [0.1, 0.15) is 0 Å². The fraction of sp³-hybridized carbons (Fsp3) is 0.143. The Kier molecular flexibility index (Phi) is 3.21. The minimum absolute atomic E-state index is 0.0817. The van der Waals surface area contributed by atoms with Gasteiger partial charge in [0.05, 0.1) is 10.6 Å². The summed E-state index contributed by atoms with van der Waals surface area (Å²) in [5, 5.41) is 0.996. The highest BCUT2D eigenvalue weighted by Gasteiger charge is 2.30. The maximum Gasteiger partial charge on any atom is 0.231 e. The van der Waals surface area contributed by atoms with Crippen LogP contribution in [0.25, 0.3) is 11.1 Å². The van der Waals surface area contributed by atoms with Crippen LogP contribution in [0.4, 0.5) is 0 Å². The first-order chi connectivity index (χ1) is 10.8. The molecule has 4 rings (SSSR count). The molecule has 0 radical (unpaired) electrons. The van der Waals surface area contributed by atoms with Gasteiger partial charge in [-0.1, -0.05) is 0 Å². The van der Waals surface area contributed by atoms with Gasteiger partial charge in [0.25, 0.3) is 0 Å². The van der Waals surface area contributed by atoms with Crippen molar-refractivity contribution in [3.05, 3.63) is 24.3 Å². The zero-order valence-electron chi connectivity index (χ0n) is 11.1. The molecule has 0 fully saturated rings. The predicted octanol–water partition coefficient (Wildman–Crippen LogP) is 2.65. The highest BCUT2D eigenvalue weighted by molar-refractivity contribution is 7.35. The maximum atomic E-state index is 11.5. The molecule has 2 aromatic carbocycles. The summed E-state index contributed by atoms with van der Waals surface area (Å²) < 4.78 is 44.9. The predicted molar refractivity (Wildman–Crippen MR) is 78.6 cm³/mol. The van der Waals surface area contributed by atoms with Gasteiger partial charge in [-0.3, -0.25) is 9.13 Å². The summed E-state index contributed by atoms with van der Waals surface area (Å²) in [6, 6.07) is 6.75. The third kappa shape index (κ3) is 1.88. The second kappa shape index (κ2) is 5.24. The summed E-state index contributed by atoms with van der Waals surface area (Å²) in [6.45, 7) is 0.163. The van der Waals surface area contributed by atoms with E-state index in [-0.39, 0.29) is 30.5 Å². The number of rotatable bonds is 3. The van der Waals surface area contributed by atoms with Gasteiger partial charge in [-0.25, -0.2) is 0 Å². The van der Waals surface area contributed by atoms with Gasteiger partial charge in [-0.2, -0.15) is 0 Å². The lowest BCUT2D eigenvalue weighted by atomic mass is 10.0. The Bertz CT molecular complexity index is 737. The molecule has 0 aromatic heterocycles. The van der Waals surface area contributed by atoms with Gasteiger partial charge in [0.15, 0.2) is 39.9 Å². The Morgan fingerprint density at radius 2 is 1.14 bits per heavy atom. The zero-order valence-corrected chi connectivity index (χ0v) is 12.9. The van der Waals surface area contributed by atoms with Crippen molar-refractivity contribution < 1.29 is 28.1 Å². The number of benzene rings is 2. The summed E-state index contributed by atoms with van der Waals surface area (Å²) in [5.74, 6) is 2.03. The van der Waals surface area contributed by atoms with Crippen molar-refractivity contribution in [3.8, 4) is 34.1 Å². The Balaban J connectivity index is 2.08. The summed E-state index contributed by atoms with van der Waals surface area (Å²) in [7, 11) is -0.362. The van der Waals surface area contributed by atoms with Crippen LogP contribution in [0.5, 0.6) is 23.0 Å². The van der Waals surface area contributed by atoms with Crippen molar-refractivity contribution in [1.29, 1.82) is 0 Å². The molecule has 110 valence electrons. The molecule has 6 nitrogen and oxygen atoms in total. The molecule has 0 saturated heterocycles. The van der Waals surface area contributed by atoms with Crippen LogP contribution in [0.2, 0.25) is 0 Å². The molecule has 2 aromatic rings. The first-order valence-corrected chi connectivity index (χ1v) is 7.98. The third-order valence-electron chi connectivity index (χ3n) is 3.48. The molecular weight excluding hydrogens is 326 g/mol. The first kappa shape index (κ1) is 13.5. The largest absolute Gasteiger partial charge is 0.454 e. The van der Waals surface area contributed by atoms with Crippen molar-refractivity contribution in [3.63, 3.8) is 0 Å². The molecule has 8 heteroatoms. The van der Waals surface area contributed by atoms with E-state index in [4.69, 9.17) is 18.9 Å². The highest BCUT2D eigenvalue weighted by Crippen LogP contribution is 2.48. The number of hydrogen-bond donors (Lipinski definition) is 0. The molecule has 2 heterocycles. The van der Waals surface area contributed by atoms with Gasteiger partial charge in [0.2, 0.25) is 13.6 Å². The Labute approximate surface area is 128 Å². The van der Waals surface area contributed by atoms with Gasteiger partial charge in [-0.15, -0.1) is 0 Å². The van der Waals surface area contributed by atoms with E-state index in [0.29, 0.717) is 44.7 Å². The van der Waals surface area contributed by atoms with Crippen LogP contribution >= 0.6 is 16.9 Å². The van der Waals surface area contributed by atoms with Crippen LogP contribution in [-0.2, 0) is 9.13 Å². The highest BCUT2D eigenvalue weighted by atomic mass is 31.1. The second-order valence-electron chi connectivity index (χ2n) is 4.57. The standard InChI is InChI=1S/C14H8O6P2/c15-21-9-3-1-7-13(19-5-17-7)11(9)12-10(22-16)4-2-8-14(12)20-6-18-8/h1-4H,5-6H2. The topological polar surface area (TPSA) is 71.1 Å². The molecule has 22 heavy (non-hydrogen) atoms. The fourth-order valence-electron chi connectivity index (χ4n) is 2.56. The fourth-order valence-corrected chi connectivity index (χ4v) is 3.44. The summed E-state index contributed by atoms with van der Waals surface area (Å²) in [5.41, 5.74) is 1.10.